The van der Waals surface area contributed by atoms with Crippen LogP contribution in [0.25, 0.3) is 17.4 Å². The van der Waals surface area contributed by atoms with Crippen molar-refractivity contribution < 1.29 is 32.6 Å². The first-order valence-corrected chi connectivity index (χ1v) is 15.3. The molecule has 0 radical (unpaired) electrons. The van der Waals surface area contributed by atoms with Gasteiger partial charge in [0.05, 0.1) is 24.3 Å². The van der Waals surface area contributed by atoms with Gasteiger partial charge in [-0.3, -0.25) is 14.4 Å². The molecule has 2 amide bonds. The minimum atomic E-state index is -4.59. The Morgan fingerprint density at radius 2 is 2.00 bits per heavy atom. The van der Waals surface area contributed by atoms with E-state index in [0.717, 1.165) is 21.7 Å². The Kier molecular flexibility index (Phi) is 8.88. The molecule has 0 unspecified atom stereocenters. The van der Waals surface area contributed by atoms with Gasteiger partial charge in [-0.15, -0.1) is 5.10 Å². The number of alkyl halides is 3. The van der Waals surface area contributed by atoms with E-state index in [4.69, 9.17) is 4.74 Å². The van der Waals surface area contributed by atoms with Gasteiger partial charge in [-0.05, 0) is 73.2 Å². The van der Waals surface area contributed by atoms with E-state index in [1.807, 2.05) is 13.0 Å². The second kappa shape index (κ2) is 13.1. The van der Waals surface area contributed by atoms with Gasteiger partial charge in [0.15, 0.2) is 11.5 Å². The van der Waals surface area contributed by atoms with Gasteiger partial charge in [0.25, 0.3) is 11.5 Å². The number of nitrogens with zero attached hydrogens (tertiary/aromatic N) is 6. The predicted molar refractivity (Wildman–Crippen MR) is 169 cm³/mol. The molecule has 2 aliphatic heterocycles. The number of aryl methyl sites for hydroxylation is 1. The Hall–Kier alpha value is -5.31. The molecule has 4 aromatic rings. The summed E-state index contributed by atoms with van der Waals surface area (Å²) in [5.41, 5.74) is 0.832. The number of halogens is 3. The van der Waals surface area contributed by atoms with Crippen LogP contribution < -0.4 is 10.9 Å². The highest BCUT2D eigenvalue weighted by Crippen LogP contribution is 2.33. The smallest absolute Gasteiger partial charge is 0.416 e. The van der Waals surface area contributed by atoms with Crippen molar-refractivity contribution in [3.63, 3.8) is 0 Å². The van der Waals surface area contributed by atoms with E-state index in [9.17, 15) is 32.7 Å². The molecule has 6 rings (SSSR count). The summed E-state index contributed by atoms with van der Waals surface area (Å²) < 4.78 is 48.7. The second-order valence-corrected chi connectivity index (χ2v) is 11.5. The number of fused-ring (bicyclic) bond motifs is 1. The normalized spacial score (nSPS) is 16.1. The summed E-state index contributed by atoms with van der Waals surface area (Å²) in [4.78, 5) is 50.6. The zero-order chi connectivity index (χ0) is 34.2. The van der Waals surface area contributed by atoms with E-state index >= 15 is 0 Å². The number of carbonyl (C=O) groups excluding carboxylic acids is 2. The van der Waals surface area contributed by atoms with E-state index in [-0.39, 0.29) is 47.1 Å². The first-order chi connectivity index (χ1) is 22.9. The highest BCUT2D eigenvalue weighted by molar-refractivity contribution is 5.95. The topological polar surface area (TPSA) is 144 Å². The molecule has 3 aromatic heterocycles. The van der Waals surface area contributed by atoms with Crippen molar-refractivity contribution in [1.29, 1.82) is 0 Å². The number of benzene rings is 1. The summed E-state index contributed by atoms with van der Waals surface area (Å²) in [5, 5.41) is 17.2. The number of likely N-dealkylation sites (tertiary alicyclic amines) is 1. The number of pyridine rings is 1. The van der Waals surface area contributed by atoms with E-state index in [1.54, 1.807) is 10.6 Å². The van der Waals surface area contributed by atoms with Crippen LogP contribution in [-0.4, -0.2) is 72.3 Å². The summed E-state index contributed by atoms with van der Waals surface area (Å²) in [6.45, 7) is 4.10. The third-order valence-corrected chi connectivity index (χ3v) is 8.33. The molecule has 1 aromatic carbocycles. The third-order valence-electron chi connectivity index (χ3n) is 8.33. The van der Waals surface area contributed by atoms with Crippen LogP contribution in [0.3, 0.4) is 0 Å². The Balaban J connectivity index is 1.39. The number of amides is 2. The molecule has 250 valence electrons. The summed E-state index contributed by atoms with van der Waals surface area (Å²) in [5.74, 6) is -0.912. The number of hydrogen-bond donors (Lipinski definition) is 2. The molecule has 0 saturated carbocycles. The molecule has 15 heteroatoms. The summed E-state index contributed by atoms with van der Waals surface area (Å²) >= 11 is 0. The maximum absolute atomic E-state index is 14.0. The molecule has 0 atom stereocenters. The number of rotatable bonds is 7. The molecular weight excluding hydrogens is 631 g/mol. The van der Waals surface area contributed by atoms with Crippen LogP contribution in [0.1, 0.15) is 58.5 Å². The number of ether oxygens (including phenoxy) is 1. The van der Waals surface area contributed by atoms with Gasteiger partial charge in [0, 0.05) is 30.7 Å². The van der Waals surface area contributed by atoms with Crippen LogP contribution in [0.2, 0.25) is 0 Å². The van der Waals surface area contributed by atoms with Crippen molar-refractivity contribution in [1.82, 2.24) is 29.0 Å². The maximum atomic E-state index is 14.0. The van der Waals surface area contributed by atoms with Crippen LogP contribution in [0.15, 0.2) is 53.0 Å². The molecule has 0 spiro atoms. The third kappa shape index (κ3) is 6.45. The van der Waals surface area contributed by atoms with Crippen molar-refractivity contribution >= 4 is 34.9 Å². The maximum Gasteiger partial charge on any atom is 0.416 e. The molecule has 12 nitrogen and oxygen atoms in total. The summed E-state index contributed by atoms with van der Waals surface area (Å²) in [6, 6.07) is 6.46. The lowest BCUT2D eigenvalue weighted by Crippen LogP contribution is -2.30. The number of carbonyl (C=O) groups is 2. The van der Waals surface area contributed by atoms with Crippen molar-refractivity contribution in [3.05, 3.63) is 92.4 Å². The molecule has 5 heterocycles. The van der Waals surface area contributed by atoms with E-state index < -0.39 is 29.1 Å². The fraction of sp³-hybridized carbons (Fsp3) is 0.333. The van der Waals surface area contributed by atoms with Crippen LogP contribution >= 0.6 is 0 Å². The van der Waals surface area contributed by atoms with Crippen molar-refractivity contribution in [3.8, 4) is 5.75 Å². The van der Waals surface area contributed by atoms with Gasteiger partial charge in [0.2, 0.25) is 11.7 Å². The number of hydrogen-bond acceptors (Lipinski definition) is 8. The first kappa shape index (κ1) is 32.6. The van der Waals surface area contributed by atoms with Crippen molar-refractivity contribution in [2.75, 3.05) is 31.6 Å². The molecule has 0 aliphatic carbocycles. The zero-order valence-corrected chi connectivity index (χ0v) is 26.2. The summed E-state index contributed by atoms with van der Waals surface area (Å²) in [7, 11) is 0. The Bertz CT molecular complexity index is 2050. The molecule has 2 N–H and O–H groups in total. The van der Waals surface area contributed by atoms with E-state index in [2.05, 4.69) is 20.4 Å². The lowest BCUT2D eigenvalue weighted by molar-refractivity contribution is -0.138. The summed E-state index contributed by atoms with van der Waals surface area (Å²) in [6.07, 6.45) is 1.59. The number of aromatic hydroxyl groups is 1. The first-order valence-electron chi connectivity index (χ1n) is 15.3. The quantitative estimate of drug-likeness (QED) is 0.299. The fourth-order valence-corrected chi connectivity index (χ4v) is 5.91. The van der Waals surface area contributed by atoms with E-state index in [1.165, 1.54) is 42.3 Å². The average Bonchev–Trinajstić information content (AvgIpc) is 3.72. The highest BCUT2D eigenvalue weighted by atomic mass is 19.4. The molecule has 1 saturated heterocycles. The predicted octanol–water partition coefficient (Wildman–Crippen LogP) is 4.25. The number of anilines is 1. The molecule has 2 aliphatic rings. The lowest BCUT2D eigenvalue weighted by Gasteiger charge is -2.17. The van der Waals surface area contributed by atoms with Crippen molar-refractivity contribution in [2.45, 2.75) is 45.8 Å². The van der Waals surface area contributed by atoms with Gasteiger partial charge in [-0.1, -0.05) is 19.1 Å². The van der Waals surface area contributed by atoms with Gasteiger partial charge in [0.1, 0.15) is 12.3 Å². The van der Waals surface area contributed by atoms with Gasteiger partial charge >= 0.3 is 6.18 Å². The Morgan fingerprint density at radius 1 is 1.19 bits per heavy atom. The second-order valence-electron chi connectivity index (χ2n) is 11.5. The van der Waals surface area contributed by atoms with Gasteiger partial charge in [-0.2, -0.15) is 22.7 Å². The molecular formula is C33H32F3N7O5. The SMILES string of the molecule is CCc1c(C=C2CCN(C(=O)c3ncccc3O)C2)c(=O)n2nc(C3=CCOCC3)nc2n1CC(=O)Nc1ccc(C)c(C(F)(F)F)c1. The molecule has 48 heavy (non-hydrogen) atoms. The molecule has 0 bridgehead atoms. The Labute approximate surface area is 272 Å². The number of aromatic nitrogens is 5. The zero-order valence-electron chi connectivity index (χ0n) is 26.2. The van der Waals surface area contributed by atoms with Crippen LogP contribution in [0, 0.1) is 6.92 Å². The van der Waals surface area contributed by atoms with Gasteiger partial charge in [-0.25, -0.2) is 4.98 Å². The minimum absolute atomic E-state index is 0.0241. The fourth-order valence-electron chi connectivity index (χ4n) is 5.91. The number of nitrogens with one attached hydrogen (secondary N) is 1. The van der Waals surface area contributed by atoms with Crippen LogP contribution in [0.5, 0.6) is 5.75 Å². The largest absolute Gasteiger partial charge is 0.505 e. The monoisotopic (exact) mass is 663 g/mol. The van der Waals surface area contributed by atoms with Crippen LogP contribution in [-0.2, 0) is 28.7 Å². The van der Waals surface area contributed by atoms with Crippen molar-refractivity contribution in [2.24, 2.45) is 0 Å². The Morgan fingerprint density at radius 3 is 2.71 bits per heavy atom. The lowest BCUT2D eigenvalue weighted by atomic mass is 10.1. The molecule has 1 fully saturated rings. The standard InChI is InChI=1S/C33H32F3N7O5/c1-3-25-23(15-20-8-12-41(17-20)31(47)28-26(44)5-4-11-37-28)30(46)43-32(39-29(40-43)21-9-13-48-14-10-21)42(25)18-27(45)38-22-7-6-19(2)24(16-22)33(34,35)36/h4-7,9,11,15-16,44H,3,8,10,12-14,17-18H2,1-2H3,(H,38,45). The highest BCUT2D eigenvalue weighted by Gasteiger charge is 2.33. The van der Waals surface area contributed by atoms with E-state index in [0.29, 0.717) is 50.5 Å². The van der Waals surface area contributed by atoms with Crippen LogP contribution in [0.4, 0.5) is 18.9 Å². The average molecular weight is 664 g/mol. The minimum Gasteiger partial charge on any atom is -0.505 e. The van der Waals surface area contributed by atoms with Gasteiger partial charge < -0.3 is 24.6 Å².